The highest BCUT2D eigenvalue weighted by Gasteiger charge is 2.15. The highest BCUT2D eigenvalue weighted by Crippen LogP contribution is 2.26. The fourth-order valence-electron chi connectivity index (χ4n) is 1.98. The topological polar surface area (TPSA) is 72.2 Å². The van der Waals surface area contributed by atoms with Gasteiger partial charge in [-0.2, -0.15) is 5.10 Å². The molecule has 19 heavy (non-hydrogen) atoms. The molecule has 1 aromatic carbocycles. The van der Waals surface area contributed by atoms with Gasteiger partial charge < -0.3 is 5.11 Å². The van der Waals surface area contributed by atoms with Crippen molar-refractivity contribution in [3.8, 4) is 11.3 Å². The molecule has 0 saturated heterocycles. The molecule has 5 heteroatoms. The number of aromatic nitrogens is 2. The molecule has 0 saturated carbocycles. The summed E-state index contributed by atoms with van der Waals surface area (Å²) >= 11 is 0. The number of hydrogen-bond donors (Lipinski definition) is 1. The van der Waals surface area contributed by atoms with Gasteiger partial charge in [-0.25, -0.2) is 4.79 Å². The fraction of sp³-hybridized carbons (Fsp3) is 0.214. The molecule has 0 radical (unpaired) electrons. The molecule has 1 N–H and O–H groups in total. The van der Waals surface area contributed by atoms with E-state index in [2.05, 4.69) is 5.10 Å². The molecule has 1 aromatic heterocycles. The van der Waals surface area contributed by atoms with Crippen LogP contribution in [-0.4, -0.2) is 27.1 Å². The average Bonchev–Trinajstić information content (AvgIpc) is 2.74. The summed E-state index contributed by atoms with van der Waals surface area (Å²) in [6, 6.07) is 5.15. The minimum Gasteiger partial charge on any atom is -0.476 e. The number of carboxylic acid groups (broad SMARTS) is 1. The molecule has 0 aliphatic carbocycles. The van der Waals surface area contributed by atoms with E-state index in [1.807, 2.05) is 19.9 Å². The third-order valence-corrected chi connectivity index (χ3v) is 3.17. The minimum atomic E-state index is -1.08. The van der Waals surface area contributed by atoms with Gasteiger partial charge in [0.05, 0.1) is 5.69 Å². The zero-order valence-electron chi connectivity index (χ0n) is 11.0. The molecule has 0 amide bonds. The van der Waals surface area contributed by atoms with E-state index in [0.717, 1.165) is 17.4 Å². The van der Waals surface area contributed by atoms with Gasteiger partial charge in [-0.3, -0.25) is 9.48 Å². The number of carbonyl (C=O) groups excluding carboxylic acids is 1. The molecular weight excluding hydrogens is 244 g/mol. The summed E-state index contributed by atoms with van der Waals surface area (Å²) in [6.07, 6.45) is 0.773. The second-order valence-electron chi connectivity index (χ2n) is 4.49. The van der Waals surface area contributed by atoms with E-state index < -0.39 is 5.97 Å². The summed E-state index contributed by atoms with van der Waals surface area (Å²) in [4.78, 5) is 22.1. The molecule has 5 nitrogen and oxygen atoms in total. The van der Waals surface area contributed by atoms with Crippen molar-refractivity contribution in [3.05, 3.63) is 40.6 Å². The zero-order chi connectivity index (χ0) is 14.2. The van der Waals surface area contributed by atoms with Crippen molar-refractivity contribution in [2.75, 3.05) is 0 Å². The molecule has 0 bridgehead atoms. The van der Waals surface area contributed by atoms with Gasteiger partial charge in [0, 0.05) is 18.2 Å². The lowest BCUT2D eigenvalue weighted by molar-refractivity contribution is 0.0689. The van der Waals surface area contributed by atoms with Crippen molar-refractivity contribution in [3.63, 3.8) is 0 Å². The lowest BCUT2D eigenvalue weighted by atomic mass is 9.98. The summed E-state index contributed by atoms with van der Waals surface area (Å²) in [5, 5.41) is 12.9. The molecular formula is C14H14N2O3. The quantitative estimate of drug-likeness (QED) is 0.857. The Hall–Kier alpha value is -2.43. The van der Waals surface area contributed by atoms with E-state index in [4.69, 9.17) is 5.11 Å². The third-order valence-electron chi connectivity index (χ3n) is 3.17. The lowest BCUT2D eigenvalue weighted by Crippen LogP contribution is -2.00. The molecule has 2 rings (SSSR count). The first-order valence-corrected chi connectivity index (χ1v) is 5.78. The standard InChI is InChI=1S/C14H14N2O3/c1-8-4-10(7-17)11(5-9(8)2)13-6-12(14(18)19)15-16(13)3/h4-7H,1-3H3,(H,18,19). The second-order valence-corrected chi connectivity index (χ2v) is 4.49. The van der Waals surface area contributed by atoms with E-state index in [1.54, 1.807) is 13.1 Å². The molecule has 0 atom stereocenters. The van der Waals surface area contributed by atoms with Gasteiger partial charge in [0.1, 0.15) is 0 Å². The molecule has 0 aliphatic rings. The summed E-state index contributed by atoms with van der Waals surface area (Å²) in [5.41, 5.74) is 3.86. The zero-order valence-corrected chi connectivity index (χ0v) is 11.0. The smallest absolute Gasteiger partial charge is 0.356 e. The second kappa shape index (κ2) is 4.68. The lowest BCUT2D eigenvalue weighted by Gasteiger charge is -2.09. The number of hydrogen-bond acceptors (Lipinski definition) is 3. The van der Waals surface area contributed by atoms with Gasteiger partial charge in [0.2, 0.25) is 0 Å². The Morgan fingerprint density at radius 2 is 1.89 bits per heavy atom. The summed E-state index contributed by atoms with van der Waals surface area (Å²) in [7, 11) is 1.66. The first-order valence-electron chi connectivity index (χ1n) is 5.78. The van der Waals surface area contributed by atoms with Crippen LogP contribution in [-0.2, 0) is 7.05 Å². The van der Waals surface area contributed by atoms with Crippen molar-refractivity contribution >= 4 is 12.3 Å². The maximum Gasteiger partial charge on any atom is 0.356 e. The van der Waals surface area contributed by atoms with Crippen molar-refractivity contribution in [2.45, 2.75) is 13.8 Å². The number of aromatic carboxylic acids is 1. The van der Waals surface area contributed by atoms with Gasteiger partial charge in [-0.15, -0.1) is 0 Å². The largest absolute Gasteiger partial charge is 0.476 e. The molecule has 98 valence electrons. The molecule has 0 unspecified atom stereocenters. The van der Waals surface area contributed by atoms with Gasteiger partial charge in [0.25, 0.3) is 0 Å². The number of carbonyl (C=O) groups is 2. The maximum absolute atomic E-state index is 11.2. The van der Waals surface area contributed by atoms with Crippen LogP contribution in [0.2, 0.25) is 0 Å². The van der Waals surface area contributed by atoms with Crippen molar-refractivity contribution in [1.29, 1.82) is 0 Å². The normalized spacial score (nSPS) is 10.5. The van der Waals surface area contributed by atoms with Crippen LogP contribution in [0.15, 0.2) is 18.2 Å². The van der Waals surface area contributed by atoms with E-state index >= 15 is 0 Å². The Kier molecular flexibility index (Phi) is 3.21. The highest BCUT2D eigenvalue weighted by molar-refractivity contribution is 5.91. The van der Waals surface area contributed by atoms with Gasteiger partial charge in [-0.1, -0.05) is 0 Å². The summed E-state index contributed by atoms with van der Waals surface area (Å²) in [5.74, 6) is -1.08. The van der Waals surface area contributed by atoms with Gasteiger partial charge in [0.15, 0.2) is 12.0 Å². The summed E-state index contributed by atoms with van der Waals surface area (Å²) in [6.45, 7) is 3.87. The Bertz CT molecular complexity index is 672. The molecule has 0 aliphatic heterocycles. The molecule has 0 spiro atoms. The Morgan fingerprint density at radius 3 is 2.42 bits per heavy atom. The SMILES string of the molecule is Cc1cc(C=O)c(-c2cc(C(=O)O)nn2C)cc1C. The van der Waals surface area contributed by atoms with E-state index in [0.29, 0.717) is 16.8 Å². The minimum absolute atomic E-state index is 0.0347. The predicted molar refractivity (Wildman–Crippen MR) is 70.5 cm³/mol. The Morgan fingerprint density at radius 1 is 1.26 bits per heavy atom. The first kappa shape index (κ1) is 13.0. The molecule has 1 heterocycles. The van der Waals surface area contributed by atoms with Crippen LogP contribution in [0.25, 0.3) is 11.3 Å². The summed E-state index contributed by atoms with van der Waals surface area (Å²) < 4.78 is 1.47. The first-order chi connectivity index (χ1) is 8.93. The van der Waals surface area contributed by atoms with Crippen LogP contribution in [0, 0.1) is 13.8 Å². The van der Waals surface area contributed by atoms with Gasteiger partial charge >= 0.3 is 5.97 Å². The molecule has 2 aromatic rings. The predicted octanol–water partition coefficient (Wildman–Crippen LogP) is 2.21. The Balaban J connectivity index is 2.67. The van der Waals surface area contributed by atoms with E-state index in [1.165, 1.54) is 10.7 Å². The Labute approximate surface area is 110 Å². The van der Waals surface area contributed by atoms with E-state index in [9.17, 15) is 9.59 Å². The number of benzene rings is 1. The van der Waals surface area contributed by atoms with Crippen LogP contribution in [0.4, 0.5) is 0 Å². The van der Waals surface area contributed by atoms with Crippen LogP contribution >= 0.6 is 0 Å². The van der Waals surface area contributed by atoms with Crippen LogP contribution < -0.4 is 0 Å². The van der Waals surface area contributed by atoms with Crippen molar-refractivity contribution < 1.29 is 14.7 Å². The number of aryl methyl sites for hydroxylation is 3. The van der Waals surface area contributed by atoms with Crippen LogP contribution in [0.1, 0.15) is 32.0 Å². The van der Waals surface area contributed by atoms with E-state index in [-0.39, 0.29) is 5.69 Å². The van der Waals surface area contributed by atoms with Crippen LogP contribution in [0.5, 0.6) is 0 Å². The number of aldehydes is 1. The van der Waals surface area contributed by atoms with Gasteiger partial charge in [-0.05, 0) is 43.2 Å². The fourth-order valence-corrected chi connectivity index (χ4v) is 1.98. The number of carboxylic acids is 1. The molecule has 0 fully saturated rings. The number of rotatable bonds is 3. The monoisotopic (exact) mass is 258 g/mol. The van der Waals surface area contributed by atoms with Crippen molar-refractivity contribution in [1.82, 2.24) is 9.78 Å². The van der Waals surface area contributed by atoms with Crippen LogP contribution in [0.3, 0.4) is 0 Å². The van der Waals surface area contributed by atoms with Crippen molar-refractivity contribution in [2.24, 2.45) is 7.05 Å². The highest BCUT2D eigenvalue weighted by atomic mass is 16.4. The average molecular weight is 258 g/mol. The maximum atomic E-state index is 11.2. The third kappa shape index (κ3) is 2.27. The number of nitrogens with zero attached hydrogens (tertiary/aromatic N) is 2.